The van der Waals surface area contributed by atoms with Crippen LogP contribution in [0.15, 0.2) is 47.3 Å². The number of aryl methyl sites for hydroxylation is 1. The highest BCUT2D eigenvalue weighted by atomic mass is 79.9. The third kappa shape index (κ3) is 6.57. The summed E-state index contributed by atoms with van der Waals surface area (Å²) in [5.74, 6) is 1.74. The molecule has 0 aliphatic carbocycles. The number of fused-ring (bicyclic) bond motifs is 1. The first-order valence-corrected chi connectivity index (χ1v) is 19.5. The minimum atomic E-state index is -2.56. The van der Waals surface area contributed by atoms with Crippen LogP contribution in [0.4, 0.5) is 28.8 Å². The van der Waals surface area contributed by atoms with Gasteiger partial charge < -0.3 is 29.7 Å². The third-order valence-electron chi connectivity index (χ3n) is 9.94. The second kappa shape index (κ2) is 13.7. The van der Waals surface area contributed by atoms with E-state index in [1.165, 1.54) is 37.2 Å². The average Bonchev–Trinajstić information content (AvgIpc) is 3.09. The zero-order valence-electron chi connectivity index (χ0n) is 27.4. The van der Waals surface area contributed by atoms with E-state index in [4.69, 9.17) is 9.72 Å². The van der Waals surface area contributed by atoms with Gasteiger partial charge in [0.1, 0.15) is 24.2 Å². The van der Waals surface area contributed by atoms with Crippen LogP contribution < -0.4 is 25.6 Å². The largest absolute Gasteiger partial charge is 0.494 e. The van der Waals surface area contributed by atoms with E-state index >= 15 is 0 Å². The smallest absolute Gasteiger partial charge is 0.229 e. The first-order valence-electron chi connectivity index (χ1n) is 16.6. The van der Waals surface area contributed by atoms with Crippen LogP contribution in [-0.2, 0) is 11.0 Å². The molecule has 7 rings (SSSR count). The van der Waals surface area contributed by atoms with E-state index < -0.39 is 7.14 Å². The van der Waals surface area contributed by atoms with Crippen molar-refractivity contribution in [1.82, 2.24) is 29.7 Å². The predicted molar refractivity (Wildman–Crippen MR) is 194 cm³/mol. The van der Waals surface area contributed by atoms with Crippen molar-refractivity contribution in [3.05, 3.63) is 52.9 Å². The number of piperidine rings is 1. The second-order valence-electron chi connectivity index (χ2n) is 12.8. The maximum absolute atomic E-state index is 13.9. The van der Waals surface area contributed by atoms with Crippen molar-refractivity contribution in [3.63, 3.8) is 0 Å². The van der Waals surface area contributed by atoms with Gasteiger partial charge in [-0.15, -0.1) is 0 Å². The van der Waals surface area contributed by atoms with E-state index in [1.807, 2.05) is 12.1 Å². The molecule has 3 aliphatic rings. The maximum atomic E-state index is 13.9. The van der Waals surface area contributed by atoms with Gasteiger partial charge in [0.2, 0.25) is 5.95 Å². The fourth-order valence-electron chi connectivity index (χ4n) is 7.08. The number of hydrogen-bond donors (Lipinski definition) is 2. The van der Waals surface area contributed by atoms with Crippen LogP contribution in [0, 0.1) is 0 Å². The molecule has 5 heterocycles. The molecular formula is C34H43BrN9O2P. The maximum Gasteiger partial charge on any atom is 0.229 e. The Morgan fingerprint density at radius 2 is 1.74 bits per heavy atom. The van der Waals surface area contributed by atoms with Crippen LogP contribution in [0.2, 0.25) is 0 Å². The molecule has 2 aromatic carbocycles. The molecule has 2 aromatic heterocycles. The summed E-state index contributed by atoms with van der Waals surface area (Å²) in [6.07, 6.45) is 10.6. The molecule has 4 aromatic rings. The van der Waals surface area contributed by atoms with Gasteiger partial charge in [-0.25, -0.2) is 4.98 Å². The van der Waals surface area contributed by atoms with E-state index in [9.17, 15) is 4.57 Å². The number of nitrogens with zero attached hydrogens (tertiary/aromatic N) is 7. The van der Waals surface area contributed by atoms with Gasteiger partial charge in [0.25, 0.3) is 0 Å². The SMILES string of the molecule is CCc1cc(Nc2ncc(Br)c(Nc3ccc4nccnc4c3P3(=O)CCC3)n2)c(OC)cc1N1CCC(N2CCN(C)CC2)CC1. The standard InChI is InChI=1S/C34H43BrN9O2P/c1-4-23-20-28(30(46-3)21-29(23)44-12-8-24(9-13-44)43-16-14-42(2)15-17-43)40-34-38-22-25(35)33(41-34)39-27-7-6-26-31(37-11-10-36-26)32(27)47(45)18-5-19-47/h6-7,10-11,20-22,24H,4-5,8-9,12-19H2,1-3H3,(H2,38,39,40,41). The van der Waals surface area contributed by atoms with E-state index in [-0.39, 0.29) is 0 Å². The summed E-state index contributed by atoms with van der Waals surface area (Å²) in [6.45, 7) is 8.94. The number of methoxy groups -OCH3 is 1. The summed E-state index contributed by atoms with van der Waals surface area (Å²) in [5.41, 5.74) is 5.47. The Balaban J connectivity index is 1.12. The van der Waals surface area contributed by atoms with Crippen LogP contribution in [-0.4, -0.2) is 102 Å². The van der Waals surface area contributed by atoms with Crippen LogP contribution >= 0.6 is 23.1 Å². The van der Waals surface area contributed by atoms with E-state index in [2.05, 4.69) is 82.3 Å². The number of ether oxygens (including phenoxy) is 1. The Morgan fingerprint density at radius 3 is 2.45 bits per heavy atom. The number of hydrogen-bond acceptors (Lipinski definition) is 11. The van der Waals surface area contributed by atoms with Gasteiger partial charge in [0.05, 0.1) is 33.8 Å². The number of anilines is 5. The number of piperazine rings is 1. The van der Waals surface area contributed by atoms with Crippen molar-refractivity contribution in [1.29, 1.82) is 0 Å². The normalized spacial score (nSPS) is 19.0. The Morgan fingerprint density at radius 1 is 0.979 bits per heavy atom. The zero-order valence-corrected chi connectivity index (χ0v) is 29.9. The molecule has 3 saturated heterocycles. The zero-order chi connectivity index (χ0) is 32.5. The summed E-state index contributed by atoms with van der Waals surface area (Å²) in [4.78, 5) is 26.1. The molecule has 0 unspecified atom stereocenters. The molecule has 3 aliphatic heterocycles. The Labute approximate surface area is 285 Å². The van der Waals surface area contributed by atoms with Gasteiger partial charge >= 0.3 is 0 Å². The molecule has 0 saturated carbocycles. The van der Waals surface area contributed by atoms with Crippen LogP contribution in [0.3, 0.4) is 0 Å². The third-order valence-corrected chi connectivity index (χ3v) is 13.9. The van der Waals surface area contributed by atoms with Gasteiger partial charge in [-0.3, -0.25) is 14.9 Å². The van der Waals surface area contributed by atoms with E-state index in [1.54, 1.807) is 25.7 Å². The number of nitrogens with one attached hydrogen (secondary N) is 2. The molecule has 11 nitrogen and oxygen atoms in total. The molecule has 2 N–H and O–H groups in total. The number of likely N-dealkylation sites (N-methyl/N-ethyl adjacent to an activating group) is 1. The van der Waals surface area contributed by atoms with E-state index in [0.717, 1.165) is 67.0 Å². The van der Waals surface area contributed by atoms with E-state index in [0.29, 0.717) is 40.1 Å². The first-order chi connectivity index (χ1) is 22.8. The molecule has 0 amide bonds. The summed E-state index contributed by atoms with van der Waals surface area (Å²) in [6, 6.07) is 8.82. The fourth-order valence-corrected chi connectivity index (χ4v) is 9.84. The quantitative estimate of drug-likeness (QED) is 0.203. The summed E-state index contributed by atoms with van der Waals surface area (Å²) in [7, 11) is 1.36. The lowest BCUT2D eigenvalue weighted by Gasteiger charge is -2.43. The number of benzene rings is 2. The highest BCUT2D eigenvalue weighted by molar-refractivity contribution is 9.10. The van der Waals surface area contributed by atoms with Crippen molar-refractivity contribution in [2.75, 3.05) is 81.3 Å². The van der Waals surface area contributed by atoms with Crippen molar-refractivity contribution in [2.45, 2.75) is 38.6 Å². The lowest BCUT2D eigenvalue weighted by molar-refractivity contribution is 0.0982. The summed E-state index contributed by atoms with van der Waals surface area (Å²) >= 11 is 3.62. The Bertz CT molecular complexity index is 1800. The minimum absolute atomic E-state index is 0.425. The Kier molecular flexibility index (Phi) is 9.38. The lowest BCUT2D eigenvalue weighted by atomic mass is 9.99. The van der Waals surface area contributed by atoms with Gasteiger partial charge in [0, 0.05) is 88.0 Å². The monoisotopic (exact) mass is 719 g/mol. The molecule has 3 fully saturated rings. The lowest BCUT2D eigenvalue weighted by Crippen LogP contribution is -2.52. The molecule has 13 heteroatoms. The first kappa shape index (κ1) is 32.2. The number of rotatable bonds is 9. The molecule has 0 spiro atoms. The molecule has 248 valence electrons. The van der Waals surface area contributed by atoms with Gasteiger partial charge in [0.15, 0.2) is 0 Å². The number of halogens is 1. The second-order valence-corrected chi connectivity index (χ2v) is 16.8. The molecular weight excluding hydrogens is 677 g/mol. The molecule has 47 heavy (non-hydrogen) atoms. The van der Waals surface area contributed by atoms with Crippen LogP contribution in [0.1, 0.15) is 31.7 Å². The van der Waals surface area contributed by atoms with Gasteiger partial charge in [-0.05, 0) is 72.4 Å². The van der Waals surface area contributed by atoms with Crippen molar-refractivity contribution in [2.24, 2.45) is 0 Å². The molecule has 0 radical (unpaired) electrons. The van der Waals surface area contributed by atoms with Gasteiger partial charge in [-0.1, -0.05) is 6.92 Å². The topological polar surface area (TPSA) is 112 Å². The fraction of sp³-hybridized carbons (Fsp3) is 0.471. The van der Waals surface area contributed by atoms with Crippen molar-refractivity contribution < 1.29 is 9.30 Å². The number of aromatic nitrogens is 4. The highest BCUT2D eigenvalue weighted by Crippen LogP contribution is 2.56. The van der Waals surface area contributed by atoms with Crippen LogP contribution in [0.5, 0.6) is 5.75 Å². The predicted octanol–water partition coefficient (Wildman–Crippen LogP) is 5.85. The highest BCUT2D eigenvalue weighted by Gasteiger charge is 2.37. The summed E-state index contributed by atoms with van der Waals surface area (Å²) < 4.78 is 20.5. The van der Waals surface area contributed by atoms with Crippen LogP contribution in [0.25, 0.3) is 11.0 Å². The average molecular weight is 721 g/mol. The minimum Gasteiger partial charge on any atom is -0.494 e. The summed E-state index contributed by atoms with van der Waals surface area (Å²) in [5, 5.41) is 7.62. The van der Waals surface area contributed by atoms with Gasteiger partial charge in [-0.2, -0.15) is 4.98 Å². The molecule has 0 atom stereocenters. The molecule has 0 bridgehead atoms. The van der Waals surface area contributed by atoms with Crippen molar-refractivity contribution >= 4 is 68.2 Å². The Hall–Kier alpha value is -3.31. The van der Waals surface area contributed by atoms with Crippen molar-refractivity contribution in [3.8, 4) is 5.75 Å².